The molecular weight excluding hydrogens is 244 g/mol. The highest BCUT2D eigenvalue weighted by molar-refractivity contribution is 7.12. The van der Waals surface area contributed by atoms with Crippen LogP contribution in [0.2, 0.25) is 0 Å². The molecule has 2 heterocycles. The van der Waals surface area contributed by atoms with Crippen LogP contribution in [0, 0.1) is 30.1 Å². The van der Waals surface area contributed by atoms with Crippen LogP contribution in [-0.2, 0) is 0 Å². The molecule has 4 nitrogen and oxygen atoms in total. The van der Waals surface area contributed by atoms with Crippen LogP contribution in [-0.4, -0.2) is 10.2 Å². The molecule has 1 aliphatic heterocycles. The maximum atomic E-state index is 9.15. The molecule has 1 aromatic heterocycles. The van der Waals surface area contributed by atoms with Crippen LogP contribution in [0.3, 0.4) is 0 Å². The second kappa shape index (κ2) is 4.07. The van der Waals surface area contributed by atoms with Crippen LogP contribution in [0.5, 0.6) is 0 Å². The van der Waals surface area contributed by atoms with E-state index in [2.05, 4.69) is 40.7 Å². The molecule has 18 heavy (non-hydrogen) atoms. The smallest absolute Gasteiger partial charge is 0.149 e. The molecule has 0 fully saturated rings. The molecule has 5 heteroatoms. The van der Waals surface area contributed by atoms with Gasteiger partial charge in [0.1, 0.15) is 10.0 Å². The van der Waals surface area contributed by atoms with Crippen LogP contribution >= 0.6 is 11.3 Å². The fourth-order valence-electron chi connectivity index (χ4n) is 2.42. The lowest BCUT2D eigenvalue weighted by Crippen LogP contribution is -2.19. The maximum Gasteiger partial charge on any atom is 0.149 e. The lowest BCUT2D eigenvalue weighted by atomic mass is 9.81. The van der Waals surface area contributed by atoms with Gasteiger partial charge in [-0.1, -0.05) is 30.4 Å². The minimum Gasteiger partial charge on any atom is -0.363 e. The Morgan fingerprint density at radius 1 is 1.44 bits per heavy atom. The zero-order chi connectivity index (χ0) is 12.7. The Morgan fingerprint density at radius 3 is 2.94 bits per heavy atom. The van der Waals surface area contributed by atoms with Crippen molar-refractivity contribution in [2.24, 2.45) is 11.8 Å². The highest BCUT2D eigenvalue weighted by Crippen LogP contribution is 2.40. The third kappa shape index (κ3) is 1.57. The molecule has 1 aliphatic carbocycles. The summed E-state index contributed by atoms with van der Waals surface area (Å²) in [6.45, 7) is 4.07. The molecule has 1 aromatic rings. The predicted octanol–water partition coefficient (Wildman–Crippen LogP) is 2.39. The number of aryl methyl sites for hydroxylation is 1. The van der Waals surface area contributed by atoms with Crippen LogP contribution in [0.15, 0.2) is 29.6 Å². The van der Waals surface area contributed by atoms with Gasteiger partial charge < -0.3 is 5.32 Å². The second-order valence-corrected chi connectivity index (χ2v) is 5.69. The molecule has 3 rings (SSSR count). The summed E-state index contributed by atoms with van der Waals surface area (Å²) in [6.07, 6.45) is 6.02. The first kappa shape index (κ1) is 11.2. The molecule has 2 unspecified atom stereocenters. The fourth-order valence-corrected chi connectivity index (χ4v) is 3.16. The highest BCUT2D eigenvalue weighted by Gasteiger charge is 2.33. The number of nitrogens with one attached hydrogen (secondary N) is 1. The summed E-state index contributed by atoms with van der Waals surface area (Å²) in [5, 5.41) is 22.5. The normalized spacial score (nSPS) is 25.5. The van der Waals surface area contributed by atoms with Gasteiger partial charge >= 0.3 is 0 Å². The second-order valence-electron chi connectivity index (χ2n) is 4.51. The molecule has 2 atom stereocenters. The van der Waals surface area contributed by atoms with Gasteiger partial charge in [-0.25, -0.2) is 0 Å². The van der Waals surface area contributed by atoms with Crippen molar-refractivity contribution in [2.45, 2.75) is 13.8 Å². The lowest BCUT2D eigenvalue weighted by molar-refractivity contribution is 0.563. The maximum absolute atomic E-state index is 9.15. The van der Waals surface area contributed by atoms with Crippen molar-refractivity contribution in [2.75, 3.05) is 0 Å². The van der Waals surface area contributed by atoms with Gasteiger partial charge in [0.05, 0.1) is 11.6 Å². The topological polar surface area (TPSA) is 61.6 Å². The Labute approximate surface area is 109 Å². The Hall–Kier alpha value is -1.93. The van der Waals surface area contributed by atoms with Crippen LogP contribution in [0.1, 0.15) is 16.9 Å². The molecule has 0 spiro atoms. The Morgan fingerprint density at radius 2 is 2.28 bits per heavy atom. The minimum absolute atomic E-state index is 0.138. The Bertz CT molecular complexity index is 630. The summed E-state index contributed by atoms with van der Waals surface area (Å²) in [7, 11) is 0. The van der Waals surface area contributed by atoms with Gasteiger partial charge in [-0.15, -0.1) is 10.2 Å². The van der Waals surface area contributed by atoms with Gasteiger partial charge in [0, 0.05) is 23.4 Å². The zero-order valence-corrected chi connectivity index (χ0v) is 11.0. The van der Waals surface area contributed by atoms with Gasteiger partial charge in [-0.3, -0.25) is 0 Å². The first-order valence-electron chi connectivity index (χ1n) is 5.80. The van der Waals surface area contributed by atoms with E-state index in [9.17, 15) is 0 Å². The number of allylic oxidation sites excluding steroid dienone is 4. The van der Waals surface area contributed by atoms with Crippen molar-refractivity contribution in [3.05, 3.63) is 39.6 Å². The summed E-state index contributed by atoms with van der Waals surface area (Å²) in [4.78, 5) is 0. The van der Waals surface area contributed by atoms with E-state index in [0.29, 0.717) is 5.92 Å². The molecule has 0 aromatic carbocycles. The number of hydrogen-bond donors (Lipinski definition) is 1. The zero-order valence-electron chi connectivity index (χ0n) is 10.1. The molecule has 0 radical (unpaired) electrons. The van der Waals surface area contributed by atoms with E-state index in [0.717, 1.165) is 26.9 Å². The van der Waals surface area contributed by atoms with E-state index in [1.54, 1.807) is 17.5 Å². The summed E-state index contributed by atoms with van der Waals surface area (Å²) >= 11 is 1.58. The van der Waals surface area contributed by atoms with Crippen molar-refractivity contribution in [3.63, 3.8) is 0 Å². The molecule has 1 N–H and O–H groups in total. The number of nitriles is 1. The molecule has 2 aliphatic rings. The van der Waals surface area contributed by atoms with E-state index < -0.39 is 0 Å². The van der Waals surface area contributed by atoms with E-state index >= 15 is 0 Å². The number of rotatable bonds is 1. The Balaban J connectivity index is 2.09. The van der Waals surface area contributed by atoms with E-state index in [1.807, 2.05) is 6.92 Å². The van der Waals surface area contributed by atoms with Crippen LogP contribution in [0.25, 0.3) is 5.57 Å². The molecule has 0 bridgehead atoms. The van der Waals surface area contributed by atoms with Gasteiger partial charge in [-0.2, -0.15) is 5.26 Å². The average Bonchev–Trinajstić information content (AvgIpc) is 2.96. The SMILES string of the molecule is Cc1nnc(C2=C3NC=C(C#N)C3C(C)C=C2)s1. The largest absolute Gasteiger partial charge is 0.363 e. The summed E-state index contributed by atoms with van der Waals surface area (Å²) in [5.74, 6) is 0.470. The quantitative estimate of drug-likeness (QED) is 0.838. The van der Waals surface area contributed by atoms with E-state index in [-0.39, 0.29) is 5.92 Å². The number of hydrogen-bond acceptors (Lipinski definition) is 5. The van der Waals surface area contributed by atoms with Crippen LogP contribution < -0.4 is 5.32 Å². The third-order valence-corrected chi connectivity index (χ3v) is 4.17. The van der Waals surface area contributed by atoms with E-state index in [4.69, 9.17) is 5.26 Å². The minimum atomic E-state index is 0.138. The monoisotopic (exact) mass is 256 g/mol. The first-order chi connectivity index (χ1) is 8.70. The third-order valence-electron chi connectivity index (χ3n) is 3.30. The van der Waals surface area contributed by atoms with Gasteiger partial charge in [0.2, 0.25) is 0 Å². The van der Waals surface area contributed by atoms with Crippen molar-refractivity contribution < 1.29 is 0 Å². The summed E-state index contributed by atoms with van der Waals surface area (Å²) < 4.78 is 0. The Kier molecular flexibility index (Phi) is 2.53. The molecular formula is C13H12N4S. The fraction of sp³-hybridized carbons (Fsp3) is 0.308. The number of fused-ring (bicyclic) bond motifs is 1. The van der Waals surface area contributed by atoms with Crippen molar-refractivity contribution in [1.29, 1.82) is 5.26 Å². The number of aromatic nitrogens is 2. The van der Waals surface area contributed by atoms with Crippen LogP contribution in [0.4, 0.5) is 0 Å². The molecule has 0 saturated heterocycles. The molecule has 90 valence electrons. The number of nitrogens with zero attached hydrogens (tertiary/aromatic N) is 3. The van der Waals surface area contributed by atoms with Gasteiger partial charge in [0.25, 0.3) is 0 Å². The first-order valence-corrected chi connectivity index (χ1v) is 6.62. The molecule has 0 amide bonds. The average molecular weight is 256 g/mol. The van der Waals surface area contributed by atoms with Gasteiger partial charge in [0.15, 0.2) is 0 Å². The van der Waals surface area contributed by atoms with Gasteiger partial charge in [-0.05, 0) is 12.8 Å². The van der Waals surface area contributed by atoms with Crippen molar-refractivity contribution in [1.82, 2.24) is 15.5 Å². The standard InChI is InChI=1S/C13H12N4S/c1-7-3-4-10(13-17-16-8(2)18-13)12-11(7)9(5-14)6-15-12/h3-4,6-7,11,15H,1-2H3. The summed E-state index contributed by atoms with van der Waals surface area (Å²) in [6, 6.07) is 2.27. The summed E-state index contributed by atoms with van der Waals surface area (Å²) in [5.41, 5.74) is 2.93. The van der Waals surface area contributed by atoms with Crippen molar-refractivity contribution in [3.8, 4) is 6.07 Å². The predicted molar refractivity (Wildman–Crippen MR) is 70.2 cm³/mol. The molecule has 0 saturated carbocycles. The van der Waals surface area contributed by atoms with E-state index in [1.165, 1.54) is 0 Å². The van der Waals surface area contributed by atoms with Crippen molar-refractivity contribution >= 4 is 16.9 Å². The lowest BCUT2D eigenvalue weighted by Gasteiger charge is -2.23. The highest BCUT2D eigenvalue weighted by atomic mass is 32.1.